The van der Waals surface area contributed by atoms with Crippen LogP contribution in [0.3, 0.4) is 0 Å². The number of esters is 1. The van der Waals surface area contributed by atoms with E-state index in [1.807, 2.05) is 30.5 Å². The molecular weight excluding hydrogens is 406 g/mol. The molecule has 0 unspecified atom stereocenters. The highest BCUT2D eigenvalue weighted by molar-refractivity contribution is 5.72. The zero-order chi connectivity index (χ0) is 23.6. The highest BCUT2D eigenvalue weighted by atomic mass is 16.5. The lowest BCUT2D eigenvalue weighted by atomic mass is 10.1. The summed E-state index contributed by atoms with van der Waals surface area (Å²) < 4.78 is 5.51. The molecule has 2 aromatic rings. The molecule has 1 aromatic heterocycles. The molecule has 0 saturated heterocycles. The highest BCUT2D eigenvalue weighted by Crippen LogP contribution is 2.22. The molecule has 0 atom stereocenters. The number of carbonyl (C=O) groups is 1. The third-order valence-corrected chi connectivity index (χ3v) is 6.26. The van der Waals surface area contributed by atoms with Gasteiger partial charge in [0, 0.05) is 18.2 Å². The van der Waals surface area contributed by atoms with Crippen molar-refractivity contribution < 1.29 is 9.53 Å². The van der Waals surface area contributed by atoms with Gasteiger partial charge in [0.15, 0.2) is 0 Å². The second-order valence-corrected chi connectivity index (χ2v) is 9.29. The van der Waals surface area contributed by atoms with Crippen LogP contribution >= 0.6 is 0 Å². The van der Waals surface area contributed by atoms with E-state index in [0.717, 1.165) is 30.5 Å². The van der Waals surface area contributed by atoms with Crippen molar-refractivity contribution in [2.24, 2.45) is 0 Å². The van der Waals surface area contributed by atoms with E-state index in [-0.39, 0.29) is 5.97 Å². The molecule has 1 heterocycles. The Morgan fingerprint density at radius 3 is 1.85 bits per heavy atom. The summed E-state index contributed by atoms with van der Waals surface area (Å²) in [5.41, 5.74) is 3.30. The van der Waals surface area contributed by atoms with Crippen molar-refractivity contribution >= 4 is 5.97 Å². The maximum Gasteiger partial charge on any atom is 0.311 e. The summed E-state index contributed by atoms with van der Waals surface area (Å²) in [4.78, 5) is 16.8. The number of hydrogen-bond donors (Lipinski definition) is 0. The quantitative estimate of drug-likeness (QED) is 0.129. The van der Waals surface area contributed by atoms with Gasteiger partial charge >= 0.3 is 5.97 Å². The summed E-state index contributed by atoms with van der Waals surface area (Å²) in [6.07, 6.45) is 21.3. The molecule has 0 bridgehead atoms. The first-order valence-corrected chi connectivity index (χ1v) is 13.5. The average Bonchev–Trinajstić information content (AvgIpc) is 2.84. The second kappa shape index (κ2) is 17.3. The number of rotatable bonds is 18. The minimum atomic E-state index is -0.132. The van der Waals surface area contributed by atoms with Gasteiger partial charge < -0.3 is 4.74 Å². The third kappa shape index (κ3) is 12.0. The average molecular weight is 452 g/mol. The number of aryl methyl sites for hydroxylation is 1. The van der Waals surface area contributed by atoms with Crippen LogP contribution in [-0.2, 0) is 11.2 Å². The summed E-state index contributed by atoms with van der Waals surface area (Å²) >= 11 is 0. The van der Waals surface area contributed by atoms with Gasteiger partial charge in [0.2, 0.25) is 0 Å². The fourth-order valence-corrected chi connectivity index (χ4v) is 4.13. The van der Waals surface area contributed by atoms with E-state index in [4.69, 9.17) is 4.74 Å². The molecule has 3 nitrogen and oxygen atoms in total. The van der Waals surface area contributed by atoms with Gasteiger partial charge in [-0.25, -0.2) is 0 Å². The van der Waals surface area contributed by atoms with Gasteiger partial charge in [0.25, 0.3) is 0 Å². The molecule has 0 aliphatic carbocycles. The standard InChI is InChI=1S/C30H45NO2/c1-3-5-7-9-10-11-12-14-16-18-30(32)33-28-22-20-27(21-23-28)29-24-19-26(25-31-29)17-15-13-8-6-4-2/h19-25H,3-18H2,1-2H3. The summed E-state index contributed by atoms with van der Waals surface area (Å²) in [5.74, 6) is 0.482. The van der Waals surface area contributed by atoms with Crippen LogP contribution in [-0.4, -0.2) is 11.0 Å². The maximum atomic E-state index is 12.1. The van der Waals surface area contributed by atoms with Gasteiger partial charge in [-0.05, 0) is 55.2 Å². The summed E-state index contributed by atoms with van der Waals surface area (Å²) in [6.45, 7) is 4.50. The highest BCUT2D eigenvalue weighted by Gasteiger charge is 2.06. The van der Waals surface area contributed by atoms with E-state index in [9.17, 15) is 4.79 Å². The van der Waals surface area contributed by atoms with E-state index >= 15 is 0 Å². The molecule has 1 aromatic carbocycles. The first-order valence-electron chi connectivity index (χ1n) is 13.5. The Kier molecular flexibility index (Phi) is 14.2. The number of hydrogen-bond acceptors (Lipinski definition) is 3. The molecule has 3 heteroatoms. The molecule has 0 radical (unpaired) electrons. The molecule has 0 spiro atoms. The predicted octanol–water partition coefficient (Wildman–Crippen LogP) is 9.09. The molecule has 0 amide bonds. The maximum absolute atomic E-state index is 12.1. The predicted molar refractivity (Wildman–Crippen MR) is 140 cm³/mol. The monoisotopic (exact) mass is 451 g/mol. The first kappa shape index (κ1) is 27.1. The van der Waals surface area contributed by atoms with Gasteiger partial charge in [-0.1, -0.05) is 97.0 Å². The molecule has 0 aliphatic rings. The van der Waals surface area contributed by atoms with Crippen LogP contribution in [0.25, 0.3) is 11.3 Å². The molecule has 0 aliphatic heterocycles. The number of aromatic nitrogens is 1. The lowest BCUT2D eigenvalue weighted by Crippen LogP contribution is -2.07. The fourth-order valence-electron chi connectivity index (χ4n) is 4.13. The van der Waals surface area contributed by atoms with Crippen molar-refractivity contribution in [3.05, 3.63) is 48.2 Å². The van der Waals surface area contributed by atoms with Crippen LogP contribution in [0, 0.1) is 0 Å². The molecule has 2 rings (SSSR count). The minimum Gasteiger partial charge on any atom is -0.427 e. The van der Waals surface area contributed by atoms with E-state index in [0.29, 0.717) is 12.2 Å². The van der Waals surface area contributed by atoms with Crippen molar-refractivity contribution in [1.29, 1.82) is 0 Å². The SMILES string of the molecule is CCCCCCCCCCCC(=O)Oc1ccc(-c2ccc(CCCCCCC)cn2)cc1. The van der Waals surface area contributed by atoms with Gasteiger partial charge in [0.05, 0.1) is 5.69 Å². The largest absolute Gasteiger partial charge is 0.427 e. The summed E-state index contributed by atoms with van der Waals surface area (Å²) in [6, 6.07) is 12.0. The van der Waals surface area contributed by atoms with Crippen LogP contribution < -0.4 is 4.74 Å². The molecular formula is C30H45NO2. The Hall–Kier alpha value is -2.16. The number of benzene rings is 1. The van der Waals surface area contributed by atoms with Gasteiger partial charge in [-0.2, -0.15) is 0 Å². The van der Waals surface area contributed by atoms with Crippen molar-refractivity contribution in [3.8, 4) is 17.0 Å². The molecule has 0 N–H and O–H groups in total. The van der Waals surface area contributed by atoms with Crippen LogP contribution in [0.15, 0.2) is 42.6 Å². The van der Waals surface area contributed by atoms with Crippen molar-refractivity contribution in [2.75, 3.05) is 0 Å². The number of pyridine rings is 1. The Balaban J connectivity index is 1.64. The fraction of sp³-hybridized carbons (Fsp3) is 0.600. The van der Waals surface area contributed by atoms with Crippen molar-refractivity contribution in [2.45, 2.75) is 117 Å². The first-order chi connectivity index (χ1) is 16.2. The Labute approximate surface area is 202 Å². The summed E-state index contributed by atoms with van der Waals surface area (Å²) in [7, 11) is 0. The van der Waals surface area contributed by atoms with E-state index in [1.165, 1.54) is 82.6 Å². The Morgan fingerprint density at radius 1 is 0.697 bits per heavy atom. The van der Waals surface area contributed by atoms with Crippen molar-refractivity contribution in [1.82, 2.24) is 4.98 Å². The number of ether oxygens (including phenoxy) is 1. The van der Waals surface area contributed by atoms with Crippen LogP contribution in [0.1, 0.15) is 116 Å². The summed E-state index contributed by atoms with van der Waals surface area (Å²) in [5, 5.41) is 0. The van der Waals surface area contributed by atoms with Gasteiger partial charge in [-0.15, -0.1) is 0 Å². The smallest absolute Gasteiger partial charge is 0.311 e. The molecule has 0 fully saturated rings. The van der Waals surface area contributed by atoms with Gasteiger partial charge in [0.1, 0.15) is 5.75 Å². The molecule has 33 heavy (non-hydrogen) atoms. The Morgan fingerprint density at radius 2 is 1.27 bits per heavy atom. The topological polar surface area (TPSA) is 39.2 Å². The van der Waals surface area contributed by atoms with Gasteiger partial charge in [-0.3, -0.25) is 9.78 Å². The van der Waals surface area contributed by atoms with E-state index in [1.54, 1.807) is 0 Å². The van der Waals surface area contributed by atoms with Crippen molar-refractivity contribution in [3.63, 3.8) is 0 Å². The van der Waals surface area contributed by atoms with E-state index < -0.39 is 0 Å². The number of unbranched alkanes of at least 4 members (excludes halogenated alkanes) is 12. The van der Waals surface area contributed by atoms with Crippen LogP contribution in [0.5, 0.6) is 5.75 Å². The zero-order valence-corrected chi connectivity index (χ0v) is 21.1. The molecule has 182 valence electrons. The third-order valence-electron chi connectivity index (χ3n) is 6.26. The van der Waals surface area contributed by atoms with E-state index in [2.05, 4.69) is 31.0 Å². The lowest BCUT2D eigenvalue weighted by molar-refractivity contribution is -0.134. The lowest BCUT2D eigenvalue weighted by Gasteiger charge is -2.07. The molecule has 0 saturated carbocycles. The minimum absolute atomic E-state index is 0.132. The second-order valence-electron chi connectivity index (χ2n) is 9.29. The Bertz CT molecular complexity index is 752. The normalized spacial score (nSPS) is 11.0. The van der Waals surface area contributed by atoms with Crippen LogP contribution in [0.2, 0.25) is 0 Å². The number of carbonyl (C=O) groups excluding carboxylic acids is 1. The zero-order valence-electron chi connectivity index (χ0n) is 21.1. The number of nitrogens with zero attached hydrogens (tertiary/aromatic N) is 1. The van der Waals surface area contributed by atoms with Crippen LogP contribution in [0.4, 0.5) is 0 Å².